The van der Waals surface area contributed by atoms with Crippen molar-refractivity contribution in [2.45, 2.75) is 25.3 Å². The lowest BCUT2D eigenvalue weighted by molar-refractivity contribution is 0.0947. The fourth-order valence-electron chi connectivity index (χ4n) is 4.37. The van der Waals surface area contributed by atoms with Crippen LogP contribution in [0.4, 0.5) is 16.2 Å². The molecule has 1 aromatic heterocycles. The van der Waals surface area contributed by atoms with E-state index < -0.39 is 5.50 Å². The Kier molecular flexibility index (Phi) is 10.1. The molecule has 1 saturated heterocycles. The zero-order valence-electron chi connectivity index (χ0n) is 21.6. The van der Waals surface area contributed by atoms with Crippen LogP contribution in [0.1, 0.15) is 38.9 Å². The lowest BCUT2D eigenvalue weighted by Gasteiger charge is -2.26. The lowest BCUT2D eigenvalue weighted by atomic mass is 10.1. The van der Waals surface area contributed by atoms with Gasteiger partial charge in [0.15, 0.2) is 0 Å². The second-order valence-electron chi connectivity index (χ2n) is 9.10. The number of amides is 4. The predicted octanol–water partition coefficient (Wildman–Crippen LogP) is 5.43. The van der Waals surface area contributed by atoms with Crippen LogP contribution in [0, 0.1) is 0 Å². The van der Waals surface area contributed by atoms with Crippen LogP contribution >= 0.6 is 34.5 Å². The minimum atomic E-state index is -0.631. The SMILES string of the molecule is CCNC(=O)N1CCCN(c2ccc(C(=O)NC(Cl)Cc3ccc(Cl)cc3)cc2NC(=O)c2cccs2)CC1. The minimum Gasteiger partial charge on any atom is -0.368 e. The first-order valence-corrected chi connectivity index (χ1v) is 14.5. The fraction of sp³-hybridized carbons (Fsp3) is 0.321. The number of carbonyl (C=O) groups is 3. The van der Waals surface area contributed by atoms with E-state index in [-0.39, 0.29) is 17.8 Å². The van der Waals surface area contributed by atoms with Gasteiger partial charge in [-0.1, -0.05) is 41.4 Å². The minimum absolute atomic E-state index is 0.0770. The van der Waals surface area contributed by atoms with Crippen molar-refractivity contribution in [1.82, 2.24) is 15.5 Å². The monoisotopic (exact) mass is 587 g/mol. The molecule has 1 aliphatic heterocycles. The Morgan fingerprint density at radius 3 is 2.51 bits per heavy atom. The maximum Gasteiger partial charge on any atom is 0.317 e. The lowest BCUT2D eigenvalue weighted by Crippen LogP contribution is -2.42. The number of nitrogens with zero attached hydrogens (tertiary/aromatic N) is 2. The molecule has 0 saturated carbocycles. The number of halogens is 2. The molecule has 0 spiro atoms. The van der Waals surface area contributed by atoms with E-state index in [1.807, 2.05) is 36.6 Å². The van der Waals surface area contributed by atoms with Gasteiger partial charge in [0.25, 0.3) is 11.8 Å². The number of thiophene rings is 1. The Bertz CT molecular complexity index is 1290. The van der Waals surface area contributed by atoms with Gasteiger partial charge in [-0.3, -0.25) is 9.59 Å². The number of benzene rings is 2. The van der Waals surface area contributed by atoms with Crippen molar-refractivity contribution >= 4 is 63.8 Å². The van der Waals surface area contributed by atoms with E-state index in [4.69, 9.17) is 23.2 Å². The Labute approximate surface area is 242 Å². The first-order chi connectivity index (χ1) is 18.8. The average Bonchev–Trinajstić information content (AvgIpc) is 3.35. The van der Waals surface area contributed by atoms with Crippen LogP contribution < -0.4 is 20.9 Å². The molecule has 0 radical (unpaired) electrons. The summed E-state index contributed by atoms with van der Waals surface area (Å²) in [6, 6.07) is 16.0. The Morgan fingerprint density at radius 2 is 1.79 bits per heavy atom. The third-order valence-electron chi connectivity index (χ3n) is 6.32. The quantitative estimate of drug-likeness (QED) is 0.242. The summed E-state index contributed by atoms with van der Waals surface area (Å²) in [5, 5.41) is 11.1. The molecule has 1 unspecified atom stereocenters. The summed E-state index contributed by atoms with van der Waals surface area (Å²) in [6.07, 6.45) is 1.21. The van der Waals surface area contributed by atoms with Crippen molar-refractivity contribution in [2.24, 2.45) is 0 Å². The highest BCUT2D eigenvalue weighted by Gasteiger charge is 2.23. The molecule has 4 amide bonds. The topological polar surface area (TPSA) is 93.8 Å². The van der Waals surface area contributed by atoms with Crippen molar-refractivity contribution in [1.29, 1.82) is 0 Å². The van der Waals surface area contributed by atoms with Gasteiger partial charge in [-0.15, -0.1) is 11.3 Å². The number of carbonyl (C=O) groups excluding carboxylic acids is 3. The van der Waals surface area contributed by atoms with Gasteiger partial charge in [-0.25, -0.2) is 4.79 Å². The average molecular weight is 589 g/mol. The molecule has 4 rings (SSSR count). The van der Waals surface area contributed by atoms with Gasteiger partial charge >= 0.3 is 6.03 Å². The van der Waals surface area contributed by atoms with Gasteiger partial charge in [0.1, 0.15) is 5.50 Å². The second kappa shape index (κ2) is 13.7. The largest absolute Gasteiger partial charge is 0.368 e. The van der Waals surface area contributed by atoms with Gasteiger partial charge in [0.2, 0.25) is 0 Å². The Balaban J connectivity index is 1.52. The van der Waals surface area contributed by atoms with Crippen molar-refractivity contribution in [3.8, 4) is 0 Å². The standard InChI is InChI=1S/C28H31Cl2N5O3S/c1-2-31-28(38)35-13-4-12-34(14-15-35)23-11-8-20(18-22(23)32-27(37)24-5-3-16-39-24)26(36)33-25(30)17-19-6-9-21(29)10-7-19/h3,5-11,16,18,25H,2,4,12-15,17H2,1H3,(H,31,38)(H,32,37)(H,33,36). The summed E-state index contributed by atoms with van der Waals surface area (Å²) in [6.45, 7) is 4.95. The molecule has 39 heavy (non-hydrogen) atoms. The van der Waals surface area contributed by atoms with E-state index in [0.717, 1.165) is 17.7 Å². The molecule has 0 bridgehead atoms. The number of anilines is 2. The van der Waals surface area contributed by atoms with Gasteiger partial charge in [0.05, 0.1) is 16.3 Å². The van der Waals surface area contributed by atoms with E-state index in [9.17, 15) is 14.4 Å². The molecule has 1 fully saturated rings. The van der Waals surface area contributed by atoms with Crippen LogP contribution in [0.5, 0.6) is 0 Å². The normalized spacial score (nSPS) is 14.3. The highest BCUT2D eigenvalue weighted by molar-refractivity contribution is 7.12. The molecule has 2 heterocycles. The van der Waals surface area contributed by atoms with Gasteiger partial charge < -0.3 is 25.8 Å². The maximum atomic E-state index is 13.1. The van der Waals surface area contributed by atoms with Crippen LogP contribution in [0.15, 0.2) is 60.0 Å². The smallest absolute Gasteiger partial charge is 0.317 e. The molecule has 11 heteroatoms. The summed E-state index contributed by atoms with van der Waals surface area (Å²) < 4.78 is 0. The summed E-state index contributed by atoms with van der Waals surface area (Å²) in [7, 11) is 0. The molecule has 3 aromatic rings. The van der Waals surface area contributed by atoms with Gasteiger partial charge in [-0.2, -0.15) is 0 Å². The Hall–Kier alpha value is -3.27. The molecule has 8 nitrogen and oxygen atoms in total. The molecular formula is C28H31Cl2N5O3S. The van der Waals surface area contributed by atoms with Crippen LogP contribution in [-0.2, 0) is 6.42 Å². The van der Waals surface area contributed by atoms with Crippen LogP contribution in [0.2, 0.25) is 5.02 Å². The number of alkyl halides is 1. The second-order valence-corrected chi connectivity index (χ2v) is 11.0. The molecule has 3 N–H and O–H groups in total. The molecular weight excluding hydrogens is 557 g/mol. The Morgan fingerprint density at radius 1 is 1.00 bits per heavy atom. The van der Waals surface area contributed by atoms with Crippen LogP contribution in [0.25, 0.3) is 0 Å². The highest BCUT2D eigenvalue weighted by Crippen LogP contribution is 2.30. The summed E-state index contributed by atoms with van der Waals surface area (Å²) in [4.78, 5) is 42.9. The van der Waals surface area contributed by atoms with Crippen molar-refractivity contribution in [3.63, 3.8) is 0 Å². The van der Waals surface area contributed by atoms with Crippen LogP contribution in [-0.4, -0.2) is 61.0 Å². The molecule has 206 valence electrons. The fourth-order valence-corrected chi connectivity index (χ4v) is 5.40. The number of hydrogen-bond donors (Lipinski definition) is 3. The summed E-state index contributed by atoms with van der Waals surface area (Å²) in [5.41, 5.74) is 2.00. The third kappa shape index (κ3) is 7.88. The van der Waals surface area contributed by atoms with E-state index in [0.29, 0.717) is 60.3 Å². The molecule has 0 aliphatic carbocycles. The number of hydrogen-bond acceptors (Lipinski definition) is 5. The van der Waals surface area contributed by atoms with Crippen LogP contribution in [0.3, 0.4) is 0 Å². The van der Waals surface area contributed by atoms with E-state index in [2.05, 4.69) is 20.9 Å². The van der Waals surface area contributed by atoms with Gasteiger partial charge in [0, 0.05) is 49.7 Å². The maximum absolute atomic E-state index is 13.1. The van der Waals surface area contributed by atoms with E-state index >= 15 is 0 Å². The highest BCUT2D eigenvalue weighted by atomic mass is 35.5. The third-order valence-corrected chi connectivity index (χ3v) is 7.70. The molecule has 1 aliphatic rings. The van der Waals surface area contributed by atoms with Crippen molar-refractivity contribution < 1.29 is 14.4 Å². The van der Waals surface area contributed by atoms with E-state index in [1.54, 1.807) is 35.2 Å². The first-order valence-electron chi connectivity index (χ1n) is 12.8. The molecule has 1 atom stereocenters. The zero-order valence-corrected chi connectivity index (χ0v) is 23.9. The number of rotatable bonds is 8. The number of nitrogens with one attached hydrogen (secondary N) is 3. The summed E-state index contributed by atoms with van der Waals surface area (Å²) in [5.74, 6) is -0.596. The first kappa shape index (κ1) is 28.7. The van der Waals surface area contributed by atoms with Crippen molar-refractivity contribution in [3.05, 3.63) is 81.0 Å². The van der Waals surface area contributed by atoms with E-state index in [1.165, 1.54) is 11.3 Å². The zero-order chi connectivity index (χ0) is 27.8. The number of urea groups is 1. The summed E-state index contributed by atoms with van der Waals surface area (Å²) >= 11 is 13.7. The van der Waals surface area contributed by atoms with Gasteiger partial charge in [-0.05, 0) is 60.7 Å². The molecule has 2 aromatic carbocycles. The van der Waals surface area contributed by atoms with Crippen molar-refractivity contribution in [2.75, 3.05) is 42.9 Å². The predicted molar refractivity (Wildman–Crippen MR) is 158 cm³/mol.